The van der Waals surface area contributed by atoms with Crippen LogP contribution in [0.25, 0.3) is 22.8 Å². The number of amides is 1. The molecule has 0 spiro atoms. The lowest BCUT2D eigenvalue weighted by Crippen LogP contribution is -2.14. The largest absolute Gasteiger partial charge is 0.436 e. The van der Waals surface area contributed by atoms with Crippen molar-refractivity contribution in [1.82, 2.24) is 4.98 Å². The van der Waals surface area contributed by atoms with Crippen molar-refractivity contribution in [3.05, 3.63) is 95.4 Å². The second-order valence-corrected chi connectivity index (χ2v) is 6.79. The normalized spacial score (nSPS) is 10.6. The number of primary amides is 1. The molecule has 0 fully saturated rings. The summed E-state index contributed by atoms with van der Waals surface area (Å²) in [5.41, 5.74) is 7.05. The molecule has 1 amide bonds. The zero-order valence-electron chi connectivity index (χ0n) is 16.5. The number of rotatable bonds is 5. The maximum Gasteiger partial charge on any atom is 0.344 e. The van der Waals surface area contributed by atoms with Crippen molar-refractivity contribution in [3.63, 3.8) is 0 Å². The smallest absolute Gasteiger partial charge is 0.344 e. The van der Waals surface area contributed by atoms with Gasteiger partial charge in [-0.2, -0.15) is 0 Å². The topological polar surface area (TPSA) is 95.4 Å². The first-order valence-electron chi connectivity index (χ1n) is 9.37. The van der Waals surface area contributed by atoms with Gasteiger partial charge in [-0.05, 0) is 48.9 Å². The van der Waals surface area contributed by atoms with Gasteiger partial charge >= 0.3 is 5.97 Å². The van der Waals surface area contributed by atoms with Crippen LogP contribution in [0.5, 0.6) is 5.75 Å². The predicted octanol–water partition coefficient (Wildman–Crippen LogP) is 4.77. The number of ether oxygens (including phenoxy) is 1. The molecule has 0 aliphatic rings. The molecule has 1 aromatic heterocycles. The van der Waals surface area contributed by atoms with Crippen LogP contribution >= 0.6 is 0 Å². The molecule has 4 rings (SSSR count). The Kier molecular flexibility index (Phi) is 5.32. The molecule has 0 aliphatic heterocycles. The van der Waals surface area contributed by atoms with E-state index in [9.17, 15) is 14.0 Å². The molecule has 0 saturated heterocycles. The van der Waals surface area contributed by atoms with Crippen molar-refractivity contribution in [1.29, 1.82) is 0 Å². The van der Waals surface area contributed by atoms with Crippen LogP contribution in [0.4, 0.5) is 4.39 Å². The van der Waals surface area contributed by atoms with E-state index in [1.54, 1.807) is 61.5 Å². The van der Waals surface area contributed by atoms with Crippen molar-refractivity contribution in [2.75, 3.05) is 0 Å². The van der Waals surface area contributed by atoms with Crippen LogP contribution in [-0.2, 0) is 0 Å². The molecule has 4 aromatic rings. The van der Waals surface area contributed by atoms with Crippen molar-refractivity contribution in [3.8, 4) is 28.5 Å². The van der Waals surface area contributed by atoms with E-state index in [-0.39, 0.29) is 34.1 Å². The number of benzene rings is 3. The Hall–Kier alpha value is -4.26. The SMILES string of the molecule is Cc1ccc(C(N)=O)cc1OC(=O)c1ccccc1-c1ncc(-c2ccccc2F)o1. The Morgan fingerprint density at radius 2 is 1.71 bits per heavy atom. The number of oxazole rings is 1. The van der Waals surface area contributed by atoms with Crippen LogP contribution in [0.3, 0.4) is 0 Å². The molecule has 3 aromatic carbocycles. The lowest BCUT2D eigenvalue weighted by molar-refractivity contribution is 0.0733. The fourth-order valence-electron chi connectivity index (χ4n) is 3.05. The van der Waals surface area contributed by atoms with Gasteiger partial charge in [0.05, 0.1) is 22.9 Å². The second kappa shape index (κ2) is 8.23. The Bertz CT molecular complexity index is 1300. The van der Waals surface area contributed by atoms with Gasteiger partial charge in [0.25, 0.3) is 0 Å². The third kappa shape index (κ3) is 4.06. The summed E-state index contributed by atoms with van der Waals surface area (Å²) in [5, 5.41) is 0. The van der Waals surface area contributed by atoms with E-state index >= 15 is 0 Å². The number of nitrogens with two attached hydrogens (primary N) is 1. The number of aryl methyl sites for hydroxylation is 1. The maximum absolute atomic E-state index is 14.1. The van der Waals surface area contributed by atoms with Gasteiger partial charge in [0.1, 0.15) is 11.6 Å². The fraction of sp³-hybridized carbons (Fsp3) is 0.0417. The minimum absolute atomic E-state index is 0.147. The fourth-order valence-corrected chi connectivity index (χ4v) is 3.05. The number of carbonyl (C=O) groups is 2. The molecule has 31 heavy (non-hydrogen) atoms. The third-order valence-corrected chi connectivity index (χ3v) is 4.70. The molecule has 0 atom stereocenters. The zero-order valence-corrected chi connectivity index (χ0v) is 16.5. The zero-order chi connectivity index (χ0) is 22.0. The first kappa shape index (κ1) is 20.0. The standard InChI is InChI=1S/C24H17FN2O4/c1-14-10-11-15(22(26)28)12-20(14)31-24(29)17-7-3-2-6-16(17)23-27-13-21(30-23)18-8-4-5-9-19(18)25/h2-13H,1H3,(H2,26,28). The Morgan fingerprint density at radius 3 is 2.45 bits per heavy atom. The van der Waals surface area contributed by atoms with Crippen LogP contribution in [0.15, 0.2) is 77.3 Å². The van der Waals surface area contributed by atoms with Crippen molar-refractivity contribution in [2.24, 2.45) is 5.73 Å². The van der Waals surface area contributed by atoms with E-state index in [1.807, 2.05) is 0 Å². The summed E-state index contributed by atoms with van der Waals surface area (Å²) in [5.74, 6) is -1.13. The van der Waals surface area contributed by atoms with Gasteiger partial charge in [0.2, 0.25) is 11.8 Å². The summed E-state index contributed by atoms with van der Waals surface area (Å²) >= 11 is 0. The monoisotopic (exact) mass is 416 g/mol. The maximum atomic E-state index is 14.1. The van der Waals surface area contributed by atoms with E-state index in [0.717, 1.165) is 0 Å². The number of aromatic nitrogens is 1. The van der Waals surface area contributed by atoms with E-state index in [2.05, 4.69) is 4.98 Å². The molecule has 0 saturated carbocycles. The lowest BCUT2D eigenvalue weighted by Gasteiger charge is -2.10. The van der Waals surface area contributed by atoms with E-state index in [1.165, 1.54) is 18.3 Å². The number of esters is 1. The molecule has 2 N–H and O–H groups in total. The minimum Gasteiger partial charge on any atom is -0.436 e. The molecule has 154 valence electrons. The molecular weight excluding hydrogens is 399 g/mol. The van der Waals surface area contributed by atoms with Gasteiger partial charge in [-0.3, -0.25) is 4.79 Å². The van der Waals surface area contributed by atoms with E-state index in [4.69, 9.17) is 14.9 Å². The Labute approximate surface area is 177 Å². The average molecular weight is 416 g/mol. The Balaban J connectivity index is 1.67. The predicted molar refractivity (Wildman–Crippen MR) is 112 cm³/mol. The van der Waals surface area contributed by atoms with Gasteiger partial charge in [-0.25, -0.2) is 14.2 Å². The molecule has 7 heteroatoms. The van der Waals surface area contributed by atoms with Crippen LogP contribution in [-0.4, -0.2) is 16.9 Å². The van der Waals surface area contributed by atoms with Gasteiger partial charge in [0.15, 0.2) is 5.76 Å². The third-order valence-electron chi connectivity index (χ3n) is 4.70. The highest BCUT2D eigenvalue weighted by atomic mass is 19.1. The molecule has 0 bridgehead atoms. The number of carbonyl (C=O) groups excluding carboxylic acids is 2. The minimum atomic E-state index is -0.661. The van der Waals surface area contributed by atoms with Crippen LogP contribution in [0.1, 0.15) is 26.3 Å². The summed E-state index contributed by atoms with van der Waals surface area (Å²) < 4.78 is 25.3. The lowest BCUT2D eigenvalue weighted by atomic mass is 10.1. The average Bonchev–Trinajstić information content (AvgIpc) is 3.25. The van der Waals surface area contributed by atoms with Gasteiger partial charge < -0.3 is 14.9 Å². The van der Waals surface area contributed by atoms with Gasteiger partial charge in [0, 0.05) is 5.56 Å². The molecule has 0 radical (unpaired) electrons. The summed E-state index contributed by atoms with van der Waals surface area (Å²) in [6.07, 6.45) is 1.40. The van der Waals surface area contributed by atoms with Gasteiger partial charge in [-0.1, -0.05) is 30.3 Å². The summed E-state index contributed by atoms with van der Waals surface area (Å²) in [7, 11) is 0. The van der Waals surface area contributed by atoms with E-state index in [0.29, 0.717) is 11.1 Å². The molecular formula is C24H17FN2O4. The summed E-state index contributed by atoms with van der Waals surface area (Å²) in [4.78, 5) is 28.5. The van der Waals surface area contributed by atoms with Gasteiger partial charge in [-0.15, -0.1) is 0 Å². The highest BCUT2D eigenvalue weighted by Crippen LogP contribution is 2.30. The van der Waals surface area contributed by atoms with Crippen molar-refractivity contribution < 1.29 is 23.1 Å². The first-order valence-corrected chi connectivity index (χ1v) is 9.37. The molecule has 1 heterocycles. The molecule has 0 aliphatic carbocycles. The number of hydrogen-bond acceptors (Lipinski definition) is 5. The van der Waals surface area contributed by atoms with Crippen LogP contribution in [0.2, 0.25) is 0 Å². The Morgan fingerprint density at radius 1 is 1.00 bits per heavy atom. The van der Waals surface area contributed by atoms with Crippen molar-refractivity contribution in [2.45, 2.75) is 6.92 Å². The molecule has 0 unspecified atom stereocenters. The van der Waals surface area contributed by atoms with E-state index < -0.39 is 17.7 Å². The summed E-state index contributed by atoms with van der Waals surface area (Å²) in [6, 6.07) is 17.4. The summed E-state index contributed by atoms with van der Waals surface area (Å²) in [6.45, 7) is 1.74. The van der Waals surface area contributed by atoms with Crippen LogP contribution < -0.4 is 10.5 Å². The highest BCUT2D eigenvalue weighted by Gasteiger charge is 2.20. The quantitative estimate of drug-likeness (QED) is 0.373. The molecule has 6 nitrogen and oxygen atoms in total. The van der Waals surface area contributed by atoms with Crippen LogP contribution in [0, 0.1) is 12.7 Å². The number of halogens is 1. The van der Waals surface area contributed by atoms with Crippen molar-refractivity contribution >= 4 is 11.9 Å². The highest BCUT2D eigenvalue weighted by molar-refractivity contribution is 5.98. The first-order chi connectivity index (χ1) is 14.9. The number of hydrogen-bond donors (Lipinski definition) is 1. The second-order valence-electron chi connectivity index (χ2n) is 6.79. The number of nitrogens with zero attached hydrogens (tertiary/aromatic N) is 1.